The normalized spacial score (nSPS) is 16.1. The Hall–Kier alpha value is -2.47. The highest BCUT2D eigenvalue weighted by atomic mass is 35.5. The lowest BCUT2D eigenvalue weighted by Crippen LogP contribution is -2.47. The number of aliphatic hydroxyl groups excluding tert-OH is 1. The van der Waals surface area contributed by atoms with Gasteiger partial charge in [0.2, 0.25) is 0 Å². The SMILES string of the molecule is CCOC(=O)C(C)(C)N[P@@](=O)(OC[C@@H](O[C@H](C)n1ccc(=O)[nH]c1=O)[C@@H](O)Cl)Oc1ccccc1. The van der Waals surface area contributed by atoms with Crippen LogP contribution in [0.5, 0.6) is 5.75 Å². The van der Waals surface area contributed by atoms with Crippen LogP contribution in [0.3, 0.4) is 0 Å². The molecule has 1 aromatic heterocycles. The summed E-state index contributed by atoms with van der Waals surface area (Å²) in [7, 11) is -4.28. The highest BCUT2D eigenvalue weighted by Crippen LogP contribution is 2.46. The van der Waals surface area contributed by atoms with Crippen LogP contribution >= 0.6 is 19.3 Å². The van der Waals surface area contributed by atoms with Crippen molar-refractivity contribution in [1.29, 1.82) is 0 Å². The molecule has 4 atom stereocenters. The van der Waals surface area contributed by atoms with E-state index in [1.807, 2.05) is 0 Å². The molecule has 0 aliphatic rings. The first-order valence-corrected chi connectivity index (χ1v) is 12.6. The van der Waals surface area contributed by atoms with Crippen molar-refractivity contribution >= 4 is 25.3 Å². The first-order chi connectivity index (χ1) is 16.4. The van der Waals surface area contributed by atoms with Crippen LogP contribution in [0.4, 0.5) is 0 Å². The number of hydrogen-bond donors (Lipinski definition) is 3. The molecule has 35 heavy (non-hydrogen) atoms. The molecule has 3 N–H and O–H groups in total. The van der Waals surface area contributed by atoms with Crippen LogP contribution in [0.2, 0.25) is 0 Å². The highest BCUT2D eigenvalue weighted by Gasteiger charge is 2.41. The topological polar surface area (TPSA) is 158 Å². The number of halogens is 1. The number of carbonyl (C=O) groups excluding carboxylic acids is 1. The van der Waals surface area contributed by atoms with Gasteiger partial charge in [0, 0.05) is 12.3 Å². The van der Waals surface area contributed by atoms with Crippen molar-refractivity contribution in [3.05, 3.63) is 63.4 Å². The number of benzene rings is 1. The van der Waals surface area contributed by atoms with Crippen molar-refractivity contribution in [3.63, 3.8) is 0 Å². The van der Waals surface area contributed by atoms with Crippen molar-refractivity contribution in [2.75, 3.05) is 13.2 Å². The third-order valence-electron chi connectivity index (χ3n) is 4.50. The zero-order chi connectivity index (χ0) is 26.2. The van der Waals surface area contributed by atoms with Gasteiger partial charge in [0.1, 0.15) is 23.6 Å². The molecule has 0 saturated heterocycles. The molecule has 194 valence electrons. The summed E-state index contributed by atoms with van der Waals surface area (Å²) in [6.07, 6.45) is -1.10. The van der Waals surface area contributed by atoms with Gasteiger partial charge in [-0.15, -0.1) is 0 Å². The van der Waals surface area contributed by atoms with E-state index in [9.17, 15) is 24.1 Å². The van der Waals surface area contributed by atoms with E-state index < -0.39 is 55.0 Å². The number of aliphatic hydroxyl groups is 1. The molecule has 1 aromatic carbocycles. The number of alkyl halides is 1. The van der Waals surface area contributed by atoms with E-state index >= 15 is 0 Å². The Labute approximate surface area is 206 Å². The summed E-state index contributed by atoms with van der Waals surface area (Å²) in [4.78, 5) is 37.7. The van der Waals surface area contributed by atoms with Gasteiger partial charge in [0.05, 0.1) is 13.2 Å². The Kier molecular flexibility index (Phi) is 10.3. The molecule has 0 amide bonds. The smallest absolute Gasteiger partial charge is 0.459 e. The molecule has 1 heterocycles. The van der Waals surface area contributed by atoms with Crippen molar-refractivity contribution < 1.29 is 33.0 Å². The molecule has 0 unspecified atom stereocenters. The van der Waals surface area contributed by atoms with Crippen LogP contribution < -0.4 is 20.9 Å². The maximum Gasteiger partial charge on any atom is 0.459 e. The number of esters is 1. The maximum atomic E-state index is 13.6. The fourth-order valence-electron chi connectivity index (χ4n) is 2.79. The first kappa shape index (κ1) is 28.8. The Morgan fingerprint density at radius 3 is 2.49 bits per heavy atom. The number of ether oxygens (including phenoxy) is 2. The number of nitrogens with one attached hydrogen (secondary N) is 2. The number of rotatable bonds is 13. The van der Waals surface area contributed by atoms with Gasteiger partial charge in [-0.3, -0.25) is 23.7 Å². The van der Waals surface area contributed by atoms with Crippen LogP contribution in [-0.4, -0.2) is 51.0 Å². The van der Waals surface area contributed by atoms with Crippen LogP contribution in [0.25, 0.3) is 0 Å². The third-order valence-corrected chi connectivity index (χ3v) is 6.56. The van der Waals surface area contributed by atoms with Crippen LogP contribution in [0, 0.1) is 0 Å². The minimum absolute atomic E-state index is 0.102. The molecule has 2 aromatic rings. The van der Waals surface area contributed by atoms with Gasteiger partial charge in [-0.05, 0) is 39.8 Å². The van der Waals surface area contributed by atoms with E-state index in [1.54, 1.807) is 25.1 Å². The number of aromatic amines is 1. The van der Waals surface area contributed by atoms with Gasteiger partial charge < -0.3 is 19.1 Å². The van der Waals surface area contributed by atoms with E-state index in [4.69, 9.17) is 30.1 Å². The molecule has 0 saturated carbocycles. The maximum absolute atomic E-state index is 13.6. The number of H-pyrrole nitrogens is 1. The second-order valence-corrected chi connectivity index (χ2v) is 9.93. The predicted molar refractivity (Wildman–Crippen MR) is 127 cm³/mol. The minimum Gasteiger partial charge on any atom is -0.465 e. The van der Waals surface area contributed by atoms with E-state index in [2.05, 4.69) is 10.1 Å². The second kappa shape index (κ2) is 12.5. The number of nitrogens with zero attached hydrogens (tertiary/aromatic N) is 1. The van der Waals surface area contributed by atoms with Crippen molar-refractivity contribution in [1.82, 2.24) is 14.6 Å². The fraction of sp³-hybridized carbons (Fsp3) is 0.476. The van der Waals surface area contributed by atoms with Gasteiger partial charge in [-0.2, -0.15) is 5.09 Å². The van der Waals surface area contributed by atoms with Crippen molar-refractivity contribution in [3.8, 4) is 5.75 Å². The summed E-state index contributed by atoms with van der Waals surface area (Å²) >= 11 is 5.83. The molecule has 0 radical (unpaired) electrons. The number of aromatic nitrogens is 2. The Morgan fingerprint density at radius 2 is 1.91 bits per heavy atom. The summed E-state index contributed by atoms with van der Waals surface area (Å²) in [6.45, 7) is 5.50. The molecular formula is C21H29ClN3O9P. The molecule has 14 heteroatoms. The summed E-state index contributed by atoms with van der Waals surface area (Å²) in [5, 5.41) is 12.5. The van der Waals surface area contributed by atoms with Gasteiger partial charge in [0.15, 0.2) is 5.56 Å². The average molecular weight is 534 g/mol. The van der Waals surface area contributed by atoms with E-state index in [1.165, 1.54) is 39.1 Å². The zero-order valence-electron chi connectivity index (χ0n) is 19.7. The largest absolute Gasteiger partial charge is 0.465 e. The van der Waals surface area contributed by atoms with Gasteiger partial charge in [0.25, 0.3) is 5.56 Å². The standard InChI is InChI=1S/C21H29ClN3O9P/c1-5-31-19(28)21(3,4)24-35(30,34-15-9-7-6-8-10-15)32-13-16(18(22)27)33-14(2)25-12-11-17(26)23-20(25)29/h6-12,14,16,18,27H,5,13H2,1-4H3,(H,24,30)(H,23,26,29)/t14-,16-,18-,35-/m1/s1. The zero-order valence-corrected chi connectivity index (χ0v) is 21.3. The van der Waals surface area contributed by atoms with E-state index in [-0.39, 0.29) is 12.4 Å². The van der Waals surface area contributed by atoms with E-state index in [0.717, 1.165) is 10.6 Å². The molecular weight excluding hydrogens is 505 g/mol. The third kappa shape index (κ3) is 8.60. The lowest BCUT2D eigenvalue weighted by Gasteiger charge is -2.30. The lowest BCUT2D eigenvalue weighted by molar-refractivity contribution is -0.149. The van der Waals surface area contributed by atoms with Gasteiger partial charge >= 0.3 is 19.4 Å². The summed E-state index contributed by atoms with van der Waals surface area (Å²) in [5.41, 5.74) is -4.46. The minimum atomic E-state index is -4.28. The molecule has 12 nitrogen and oxygen atoms in total. The van der Waals surface area contributed by atoms with Crippen LogP contribution in [0.1, 0.15) is 33.9 Å². The molecule has 0 spiro atoms. The summed E-state index contributed by atoms with van der Waals surface area (Å²) in [6, 6.07) is 9.20. The Balaban J connectivity index is 2.24. The number of carbonyl (C=O) groups is 1. The monoisotopic (exact) mass is 533 g/mol. The number of hydrogen-bond acceptors (Lipinski definition) is 9. The molecule has 0 aliphatic heterocycles. The molecule has 0 bridgehead atoms. The molecule has 2 rings (SSSR count). The van der Waals surface area contributed by atoms with Crippen molar-refractivity contribution in [2.24, 2.45) is 0 Å². The van der Waals surface area contributed by atoms with Gasteiger partial charge in [-0.1, -0.05) is 29.8 Å². The quantitative estimate of drug-likeness (QED) is 0.198. The predicted octanol–water partition coefficient (Wildman–Crippen LogP) is 2.13. The Bertz CT molecular complexity index is 1140. The van der Waals surface area contributed by atoms with E-state index in [0.29, 0.717) is 0 Å². The van der Waals surface area contributed by atoms with Gasteiger partial charge in [-0.25, -0.2) is 9.36 Å². The summed E-state index contributed by atoms with van der Waals surface area (Å²) in [5.74, 6) is -0.517. The molecule has 0 fully saturated rings. The first-order valence-electron chi connectivity index (χ1n) is 10.6. The van der Waals surface area contributed by atoms with Crippen molar-refractivity contribution in [2.45, 2.75) is 51.1 Å². The highest BCUT2D eigenvalue weighted by molar-refractivity contribution is 7.52. The second-order valence-electron chi connectivity index (χ2n) is 7.82. The Morgan fingerprint density at radius 1 is 1.26 bits per heavy atom. The fourth-order valence-corrected chi connectivity index (χ4v) is 4.60. The summed E-state index contributed by atoms with van der Waals surface area (Å²) < 4.78 is 36.4. The lowest BCUT2D eigenvalue weighted by atomic mass is 10.1. The molecule has 0 aliphatic carbocycles. The van der Waals surface area contributed by atoms with Crippen LogP contribution in [0.15, 0.2) is 52.2 Å². The van der Waals surface area contributed by atoms with Crippen LogP contribution in [-0.2, 0) is 23.4 Å². The average Bonchev–Trinajstić information content (AvgIpc) is 2.76. The number of para-hydroxylation sites is 1.